The summed E-state index contributed by atoms with van der Waals surface area (Å²) in [6.07, 6.45) is 3.63. The summed E-state index contributed by atoms with van der Waals surface area (Å²) < 4.78 is 4.85. The number of pyridine rings is 1. The third-order valence-electron chi connectivity index (χ3n) is 4.25. The summed E-state index contributed by atoms with van der Waals surface area (Å²) in [7, 11) is 1.47. The maximum Gasteiger partial charge on any atom is 0.308 e. The molecule has 2 aromatic rings. The van der Waals surface area contributed by atoms with Gasteiger partial charge in [0.15, 0.2) is 0 Å². The van der Waals surface area contributed by atoms with Gasteiger partial charge in [0, 0.05) is 41.4 Å². The second-order valence-electron chi connectivity index (χ2n) is 5.61. The molecule has 1 fully saturated rings. The van der Waals surface area contributed by atoms with Gasteiger partial charge in [-0.1, -0.05) is 12.1 Å². The number of carbonyl (C=O) groups is 1. The number of hydrogen-bond acceptors (Lipinski definition) is 4. The van der Waals surface area contributed by atoms with Crippen molar-refractivity contribution in [3.05, 3.63) is 36.2 Å². The zero-order valence-corrected chi connectivity index (χ0v) is 12.5. The highest BCUT2D eigenvalue weighted by Gasteiger charge is 2.26. The average Bonchev–Trinajstić information content (AvgIpc) is 2.53. The summed E-state index contributed by atoms with van der Waals surface area (Å²) in [5, 5.41) is 2.40. The van der Waals surface area contributed by atoms with Crippen molar-refractivity contribution in [2.45, 2.75) is 19.8 Å². The van der Waals surface area contributed by atoms with Crippen molar-refractivity contribution in [1.82, 2.24) is 4.98 Å². The second-order valence-corrected chi connectivity index (χ2v) is 5.61. The van der Waals surface area contributed by atoms with Crippen LogP contribution in [0.5, 0.6) is 0 Å². The van der Waals surface area contributed by atoms with Gasteiger partial charge in [0.1, 0.15) is 0 Å². The molecule has 0 unspecified atom stereocenters. The van der Waals surface area contributed by atoms with Gasteiger partial charge in [0.05, 0.1) is 13.0 Å². The van der Waals surface area contributed by atoms with Crippen molar-refractivity contribution in [2.75, 3.05) is 25.1 Å². The number of carbonyl (C=O) groups excluding carboxylic acids is 1. The smallest absolute Gasteiger partial charge is 0.308 e. The Balaban J connectivity index is 1.85. The van der Waals surface area contributed by atoms with Crippen molar-refractivity contribution < 1.29 is 9.53 Å². The molecule has 0 N–H and O–H groups in total. The number of piperidine rings is 1. The third-order valence-corrected chi connectivity index (χ3v) is 4.25. The maximum atomic E-state index is 11.6. The Morgan fingerprint density at radius 2 is 2.10 bits per heavy atom. The van der Waals surface area contributed by atoms with Crippen LogP contribution in [0.25, 0.3) is 10.8 Å². The summed E-state index contributed by atoms with van der Waals surface area (Å²) in [6, 6.07) is 8.45. The fraction of sp³-hybridized carbons (Fsp3) is 0.412. The lowest BCUT2D eigenvalue weighted by Crippen LogP contribution is -2.36. The molecule has 0 saturated carbocycles. The topological polar surface area (TPSA) is 42.4 Å². The van der Waals surface area contributed by atoms with Gasteiger partial charge in [-0.15, -0.1) is 0 Å². The SMILES string of the molecule is COC(=O)C1CCN(c2cccc3cnc(C)cc23)CC1. The number of methoxy groups -OCH3 is 1. The van der Waals surface area contributed by atoms with Gasteiger partial charge < -0.3 is 9.64 Å². The Labute approximate surface area is 124 Å². The predicted octanol–water partition coefficient (Wildman–Crippen LogP) is 2.93. The molecule has 1 aromatic heterocycles. The lowest BCUT2D eigenvalue weighted by molar-refractivity contribution is -0.146. The van der Waals surface area contributed by atoms with E-state index in [9.17, 15) is 4.79 Å². The molecule has 0 amide bonds. The van der Waals surface area contributed by atoms with E-state index in [-0.39, 0.29) is 11.9 Å². The molecule has 1 aliphatic rings. The quantitative estimate of drug-likeness (QED) is 0.795. The van der Waals surface area contributed by atoms with Crippen LogP contribution in [0.3, 0.4) is 0 Å². The molecule has 110 valence electrons. The van der Waals surface area contributed by atoms with Gasteiger partial charge in [-0.2, -0.15) is 0 Å². The zero-order valence-electron chi connectivity index (χ0n) is 12.5. The number of ether oxygens (including phenoxy) is 1. The molecule has 1 aromatic carbocycles. The molecule has 0 aliphatic carbocycles. The first-order valence-corrected chi connectivity index (χ1v) is 7.37. The molecule has 0 atom stereocenters. The van der Waals surface area contributed by atoms with Crippen LogP contribution in [0.15, 0.2) is 30.5 Å². The normalized spacial score (nSPS) is 16.2. The van der Waals surface area contributed by atoms with E-state index >= 15 is 0 Å². The Bertz CT molecular complexity index is 661. The molecule has 0 bridgehead atoms. The van der Waals surface area contributed by atoms with E-state index in [2.05, 4.69) is 34.1 Å². The number of esters is 1. The van der Waals surface area contributed by atoms with Crippen LogP contribution >= 0.6 is 0 Å². The van der Waals surface area contributed by atoms with E-state index < -0.39 is 0 Å². The summed E-state index contributed by atoms with van der Waals surface area (Å²) in [6.45, 7) is 3.79. The lowest BCUT2D eigenvalue weighted by Gasteiger charge is -2.33. The average molecular weight is 284 g/mol. The van der Waals surface area contributed by atoms with Crippen LogP contribution in [0.1, 0.15) is 18.5 Å². The Morgan fingerprint density at radius 1 is 1.33 bits per heavy atom. The molecule has 4 nitrogen and oxygen atoms in total. The Morgan fingerprint density at radius 3 is 2.81 bits per heavy atom. The maximum absolute atomic E-state index is 11.6. The van der Waals surface area contributed by atoms with Crippen molar-refractivity contribution in [2.24, 2.45) is 5.92 Å². The fourth-order valence-electron chi connectivity index (χ4n) is 3.06. The number of aromatic nitrogens is 1. The summed E-state index contributed by atoms with van der Waals surface area (Å²) >= 11 is 0. The largest absolute Gasteiger partial charge is 0.469 e. The van der Waals surface area contributed by atoms with Gasteiger partial charge in [-0.25, -0.2) is 0 Å². The molecular weight excluding hydrogens is 264 g/mol. The van der Waals surface area contributed by atoms with E-state index in [1.165, 1.54) is 18.2 Å². The van der Waals surface area contributed by atoms with Gasteiger partial charge in [0.25, 0.3) is 0 Å². The monoisotopic (exact) mass is 284 g/mol. The van der Waals surface area contributed by atoms with E-state index in [0.717, 1.165) is 37.0 Å². The summed E-state index contributed by atoms with van der Waals surface area (Å²) in [5.41, 5.74) is 2.26. The van der Waals surface area contributed by atoms with E-state index in [0.29, 0.717) is 0 Å². The highest BCUT2D eigenvalue weighted by Crippen LogP contribution is 2.30. The van der Waals surface area contributed by atoms with Gasteiger partial charge in [-0.3, -0.25) is 9.78 Å². The van der Waals surface area contributed by atoms with Crippen LogP contribution in [0.4, 0.5) is 5.69 Å². The Kier molecular flexibility index (Phi) is 3.78. The molecule has 0 spiro atoms. The fourth-order valence-corrected chi connectivity index (χ4v) is 3.06. The number of aryl methyl sites for hydroxylation is 1. The predicted molar refractivity (Wildman–Crippen MR) is 83.4 cm³/mol. The van der Waals surface area contributed by atoms with Gasteiger partial charge in [0.2, 0.25) is 0 Å². The van der Waals surface area contributed by atoms with Crippen molar-refractivity contribution in [3.63, 3.8) is 0 Å². The summed E-state index contributed by atoms with van der Waals surface area (Å²) in [5.74, 6) is -0.0303. The number of hydrogen-bond donors (Lipinski definition) is 0. The van der Waals surface area contributed by atoms with Crippen LogP contribution in [-0.2, 0) is 9.53 Å². The number of anilines is 1. The van der Waals surface area contributed by atoms with E-state index in [4.69, 9.17) is 4.74 Å². The molecular formula is C17H20N2O2. The molecule has 3 rings (SSSR count). The number of fused-ring (bicyclic) bond motifs is 1. The molecule has 1 saturated heterocycles. The molecule has 1 aliphatic heterocycles. The zero-order chi connectivity index (χ0) is 14.8. The van der Waals surface area contributed by atoms with Crippen LogP contribution in [0.2, 0.25) is 0 Å². The minimum Gasteiger partial charge on any atom is -0.469 e. The number of nitrogens with zero attached hydrogens (tertiary/aromatic N) is 2. The van der Waals surface area contributed by atoms with Gasteiger partial charge >= 0.3 is 5.97 Å². The molecule has 21 heavy (non-hydrogen) atoms. The van der Waals surface area contributed by atoms with Crippen molar-refractivity contribution in [1.29, 1.82) is 0 Å². The van der Waals surface area contributed by atoms with Gasteiger partial charge in [-0.05, 0) is 31.9 Å². The molecule has 4 heteroatoms. The lowest BCUT2D eigenvalue weighted by atomic mass is 9.96. The standard InChI is InChI=1S/C17H20N2O2/c1-12-10-15-14(11-18-12)4-3-5-16(15)19-8-6-13(7-9-19)17(20)21-2/h3-5,10-11,13H,6-9H2,1-2H3. The minimum atomic E-state index is -0.0763. The van der Waals surface area contributed by atoms with Crippen molar-refractivity contribution >= 4 is 22.4 Å². The highest BCUT2D eigenvalue weighted by atomic mass is 16.5. The molecule has 2 heterocycles. The third kappa shape index (κ3) is 2.71. The number of benzene rings is 1. The van der Waals surface area contributed by atoms with Crippen LogP contribution < -0.4 is 4.90 Å². The van der Waals surface area contributed by atoms with Crippen molar-refractivity contribution in [3.8, 4) is 0 Å². The molecule has 0 radical (unpaired) electrons. The first-order valence-electron chi connectivity index (χ1n) is 7.37. The van der Waals surface area contributed by atoms with E-state index in [1.54, 1.807) is 0 Å². The first-order chi connectivity index (χ1) is 10.2. The van der Waals surface area contributed by atoms with Crippen LogP contribution in [0, 0.1) is 12.8 Å². The highest BCUT2D eigenvalue weighted by molar-refractivity contribution is 5.94. The Hall–Kier alpha value is -2.10. The summed E-state index contributed by atoms with van der Waals surface area (Å²) in [4.78, 5) is 18.3. The number of rotatable bonds is 2. The second kappa shape index (κ2) is 5.72. The van der Waals surface area contributed by atoms with Crippen LogP contribution in [-0.4, -0.2) is 31.2 Å². The minimum absolute atomic E-state index is 0.0460. The van der Waals surface area contributed by atoms with E-state index in [1.807, 2.05) is 13.1 Å². The first kappa shape index (κ1) is 13.9.